The van der Waals surface area contributed by atoms with Crippen molar-refractivity contribution in [2.45, 2.75) is 25.1 Å². The Balaban J connectivity index is 1.57. The Bertz CT molecular complexity index is 1280. The predicted octanol–water partition coefficient (Wildman–Crippen LogP) is 5.04. The van der Waals surface area contributed by atoms with Gasteiger partial charge in [-0.1, -0.05) is 12.1 Å². The molecule has 1 atom stereocenters. The quantitative estimate of drug-likeness (QED) is 0.411. The van der Waals surface area contributed by atoms with Crippen LogP contribution in [0.2, 0.25) is 0 Å². The summed E-state index contributed by atoms with van der Waals surface area (Å²) >= 11 is 0. The summed E-state index contributed by atoms with van der Waals surface area (Å²) in [7, 11) is 1.51. The smallest absolute Gasteiger partial charge is 0.416 e. The molecule has 1 unspecified atom stereocenters. The zero-order chi connectivity index (χ0) is 26.4. The van der Waals surface area contributed by atoms with Crippen LogP contribution in [-0.2, 0) is 15.7 Å². The van der Waals surface area contributed by atoms with E-state index in [-0.39, 0.29) is 35.4 Å². The van der Waals surface area contributed by atoms with Crippen LogP contribution < -0.4 is 15.4 Å². The molecule has 1 aliphatic rings. The molecule has 0 aliphatic carbocycles. The molecular formula is C27H25F3N2O5. The number of amides is 2. The molecule has 1 aromatic heterocycles. The number of alkyl halides is 3. The summed E-state index contributed by atoms with van der Waals surface area (Å²) in [6.07, 6.45) is -1.56. The highest BCUT2D eigenvalue weighted by molar-refractivity contribution is 6.05. The maximum Gasteiger partial charge on any atom is 0.416 e. The summed E-state index contributed by atoms with van der Waals surface area (Å²) in [6.45, 7) is 0.893. The van der Waals surface area contributed by atoms with Gasteiger partial charge in [-0.2, -0.15) is 13.2 Å². The molecule has 0 saturated carbocycles. The first kappa shape index (κ1) is 26.0. The number of furan rings is 1. The maximum absolute atomic E-state index is 13.1. The molecule has 2 heterocycles. The number of carbonyl (C=O) groups excluding carboxylic acids is 2. The Hall–Kier alpha value is -4.05. The van der Waals surface area contributed by atoms with E-state index in [0.29, 0.717) is 17.9 Å². The average molecular weight is 515 g/mol. The van der Waals surface area contributed by atoms with Crippen LogP contribution in [0.4, 0.5) is 13.2 Å². The van der Waals surface area contributed by atoms with E-state index in [1.165, 1.54) is 37.5 Å². The third-order valence-corrected chi connectivity index (χ3v) is 5.75. The van der Waals surface area contributed by atoms with E-state index in [2.05, 4.69) is 10.6 Å². The number of methoxy groups -OCH3 is 1. The summed E-state index contributed by atoms with van der Waals surface area (Å²) in [5, 5.41) is 5.34. The first-order chi connectivity index (χ1) is 17.7. The van der Waals surface area contributed by atoms with Crippen molar-refractivity contribution in [2.24, 2.45) is 0 Å². The van der Waals surface area contributed by atoms with Gasteiger partial charge in [0.05, 0.1) is 18.8 Å². The zero-order valence-electron chi connectivity index (χ0n) is 19.9. The van der Waals surface area contributed by atoms with Crippen molar-refractivity contribution in [2.75, 3.05) is 20.3 Å². The van der Waals surface area contributed by atoms with E-state index in [0.717, 1.165) is 25.0 Å². The minimum atomic E-state index is -4.49. The molecular weight excluding hydrogens is 489 g/mol. The van der Waals surface area contributed by atoms with Gasteiger partial charge >= 0.3 is 6.18 Å². The Morgan fingerprint density at radius 3 is 2.57 bits per heavy atom. The predicted molar refractivity (Wildman–Crippen MR) is 130 cm³/mol. The van der Waals surface area contributed by atoms with Gasteiger partial charge in [-0.05, 0) is 61.4 Å². The van der Waals surface area contributed by atoms with Gasteiger partial charge in [0, 0.05) is 30.4 Å². The van der Waals surface area contributed by atoms with Gasteiger partial charge in [-0.3, -0.25) is 9.59 Å². The first-order valence-corrected chi connectivity index (χ1v) is 11.6. The Morgan fingerprint density at radius 2 is 1.89 bits per heavy atom. The average Bonchev–Trinajstić information content (AvgIpc) is 3.59. The van der Waals surface area contributed by atoms with Gasteiger partial charge in [0.1, 0.15) is 23.0 Å². The van der Waals surface area contributed by atoms with E-state index in [4.69, 9.17) is 13.9 Å². The van der Waals surface area contributed by atoms with Crippen molar-refractivity contribution in [3.05, 3.63) is 83.2 Å². The van der Waals surface area contributed by atoms with Crippen molar-refractivity contribution in [1.29, 1.82) is 0 Å². The lowest BCUT2D eigenvalue weighted by atomic mass is 10.1. The standard InChI is InChI=1S/C27H25F3N2O5/c1-35-20-9-7-17(8-10-20)25(33)32-23(26(34)31-16-22-6-3-13-36-22)15-21-11-12-24(37-21)18-4-2-5-19(14-18)27(28,29)30/h2,4-5,7-12,14-15,22H,3,6,13,16H2,1H3,(H,31,34)(H,32,33)/b23-15-. The number of nitrogens with one attached hydrogen (secondary N) is 2. The van der Waals surface area contributed by atoms with Crippen molar-refractivity contribution in [1.82, 2.24) is 10.6 Å². The van der Waals surface area contributed by atoms with Crippen LogP contribution in [0.15, 0.2) is 70.8 Å². The van der Waals surface area contributed by atoms with Crippen LogP contribution in [0.3, 0.4) is 0 Å². The number of hydrogen-bond donors (Lipinski definition) is 2. The summed E-state index contributed by atoms with van der Waals surface area (Å²) in [6, 6.07) is 14.1. The highest BCUT2D eigenvalue weighted by Gasteiger charge is 2.30. The third-order valence-electron chi connectivity index (χ3n) is 5.75. The number of hydrogen-bond acceptors (Lipinski definition) is 5. The SMILES string of the molecule is COc1ccc(C(=O)N/C(=C\c2ccc(-c3cccc(C(F)(F)F)c3)o2)C(=O)NCC2CCCO2)cc1. The van der Waals surface area contributed by atoms with Gasteiger partial charge in [0.15, 0.2) is 0 Å². The fourth-order valence-corrected chi connectivity index (χ4v) is 3.78. The normalized spacial score (nSPS) is 15.9. The first-order valence-electron chi connectivity index (χ1n) is 11.6. The number of benzene rings is 2. The molecule has 0 bridgehead atoms. The number of halogens is 3. The fraction of sp³-hybridized carbons (Fsp3) is 0.259. The summed E-state index contributed by atoms with van der Waals surface area (Å²) < 4.78 is 55.6. The Labute approximate surface area is 211 Å². The monoisotopic (exact) mass is 514 g/mol. The van der Waals surface area contributed by atoms with E-state index in [1.807, 2.05) is 0 Å². The van der Waals surface area contributed by atoms with Gasteiger partial charge in [-0.15, -0.1) is 0 Å². The van der Waals surface area contributed by atoms with Crippen LogP contribution in [-0.4, -0.2) is 38.2 Å². The minimum absolute atomic E-state index is 0.0937. The largest absolute Gasteiger partial charge is 0.497 e. The van der Waals surface area contributed by atoms with E-state index in [1.54, 1.807) is 24.3 Å². The molecule has 7 nitrogen and oxygen atoms in total. The molecule has 0 radical (unpaired) electrons. The van der Waals surface area contributed by atoms with Crippen molar-refractivity contribution in [3.63, 3.8) is 0 Å². The number of ether oxygens (including phenoxy) is 2. The number of rotatable bonds is 8. The molecule has 2 amide bonds. The van der Waals surface area contributed by atoms with Crippen LogP contribution in [0.1, 0.15) is 34.5 Å². The van der Waals surface area contributed by atoms with E-state index >= 15 is 0 Å². The second-order valence-electron chi connectivity index (χ2n) is 8.37. The molecule has 4 rings (SSSR count). The van der Waals surface area contributed by atoms with Gasteiger partial charge in [0.2, 0.25) is 0 Å². The van der Waals surface area contributed by atoms with E-state index in [9.17, 15) is 22.8 Å². The third kappa shape index (κ3) is 6.79. The highest BCUT2D eigenvalue weighted by Crippen LogP contribution is 2.33. The molecule has 2 aromatic carbocycles. The van der Waals surface area contributed by atoms with Gasteiger partial charge in [0.25, 0.3) is 11.8 Å². The second-order valence-corrected chi connectivity index (χ2v) is 8.37. The Kier molecular flexibility index (Phi) is 7.98. The fourth-order valence-electron chi connectivity index (χ4n) is 3.78. The molecule has 0 spiro atoms. The molecule has 194 valence electrons. The van der Waals surface area contributed by atoms with Crippen LogP contribution >= 0.6 is 0 Å². The molecule has 1 saturated heterocycles. The summed E-state index contributed by atoms with van der Waals surface area (Å²) in [5.41, 5.74) is -0.382. The van der Waals surface area contributed by atoms with Gasteiger partial charge in [-0.25, -0.2) is 0 Å². The van der Waals surface area contributed by atoms with Crippen molar-refractivity contribution >= 4 is 17.9 Å². The van der Waals surface area contributed by atoms with Crippen molar-refractivity contribution < 1.29 is 36.7 Å². The minimum Gasteiger partial charge on any atom is -0.497 e. The summed E-state index contributed by atoms with van der Waals surface area (Å²) in [4.78, 5) is 25.8. The zero-order valence-corrected chi connectivity index (χ0v) is 19.9. The lowest BCUT2D eigenvalue weighted by Gasteiger charge is -2.13. The molecule has 1 fully saturated rings. The molecule has 2 N–H and O–H groups in total. The lowest BCUT2D eigenvalue weighted by molar-refractivity contribution is -0.137. The van der Waals surface area contributed by atoms with Crippen molar-refractivity contribution in [3.8, 4) is 17.1 Å². The Morgan fingerprint density at radius 1 is 1.11 bits per heavy atom. The van der Waals surface area contributed by atoms with Gasteiger partial charge < -0.3 is 24.5 Å². The number of carbonyl (C=O) groups is 2. The van der Waals surface area contributed by atoms with Crippen LogP contribution in [0.25, 0.3) is 17.4 Å². The van der Waals surface area contributed by atoms with Crippen LogP contribution in [0.5, 0.6) is 5.75 Å². The maximum atomic E-state index is 13.1. The summed E-state index contributed by atoms with van der Waals surface area (Å²) in [5.74, 6) is -0.179. The lowest BCUT2D eigenvalue weighted by Crippen LogP contribution is -2.38. The second kappa shape index (κ2) is 11.3. The topological polar surface area (TPSA) is 89.8 Å². The van der Waals surface area contributed by atoms with Crippen LogP contribution in [0, 0.1) is 0 Å². The molecule has 10 heteroatoms. The van der Waals surface area contributed by atoms with E-state index < -0.39 is 23.6 Å². The molecule has 37 heavy (non-hydrogen) atoms. The highest BCUT2D eigenvalue weighted by atomic mass is 19.4. The molecule has 3 aromatic rings. The molecule has 1 aliphatic heterocycles.